The molecule has 3 aromatic rings. The lowest BCUT2D eigenvalue weighted by Gasteiger charge is -2.33. The topological polar surface area (TPSA) is 121 Å². The van der Waals surface area contributed by atoms with E-state index in [1.807, 2.05) is 35.2 Å². The van der Waals surface area contributed by atoms with E-state index in [-0.39, 0.29) is 29.8 Å². The molecule has 3 heterocycles. The molecule has 6 rings (SSSR count). The summed E-state index contributed by atoms with van der Waals surface area (Å²) in [4.78, 5) is 43.7. The van der Waals surface area contributed by atoms with Crippen LogP contribution in [0.25, 0.3) is 28.2 Å². The minimum atomic E-state index is -4.00. The van der Waals surface area contributed by atoms with Crippen molar-refractivity contribution in [3.05, 3.63) is 58.7 Å². The second-order valence-corrected chi connectivity index (χ2v) is 15.4. The van der Waals surface area contributed by atoms with Gasteiger partial charge in [-0.3, -0.25) is 14.4 Å². The number of rotatable bonds is 7. The first-order chi connectivity index (χ1) is 22.9. The van der Waals surface area contributed by atoms with Crippen molar-refractivity contribution in [2.75, 3.05) is 48.4 Å². The molecular formula is C36H45N5O6S. The fourth-order valence-corrected chi connectivity index (χ4v) is 8.01. The summed E-state index contributed by atoms with van der Waals surface area (Å²) in [7, 11) is 3.88. The number of fused-ring (bicyclic) bond motifs is 5. The van der Waals surface area contributed by atoms with Crippen LogP contribution in [0.5, 0.6) is 5.75 Å². The van der Waals surface area contributed by atoms with Crippen molar-refractivity contribution in [1.29, 1.82) is 0 Å². The van der Waals surface area contributed by atoms with Gasteiger partial charge in [-0.2, -0.15) is 12.7 Å². The van der Waals surface area contributed by atoms with Gasteiger partial charge < -0.3 is 19.1 Å². The highest BCUT2D eigenvalue weighted by Gasteiger charge is 2.34. The SMILES string of the molecule is COc1ccc2c(c1)C=C(C(=O)N1CCC(C(=O)N(C)C)CC1)Cn1c-2c(C2CCCCC2)c2ccc(C(=O)NS(=O)(=O)N(C)C)cc21. The van der Waals surface area contributed by atoms with E-state index in [1.54, 1.807) is 38.2 Å². The maximum Gasteiger partial charge on any atom is 0.303 e. The predicted octanol–water partition coefficient (Wildman–Crippen LogP) is 4.62. The molecule has 1 aromatic heterocycles. The summed E-state index contributed by atoms with van der Waals surface area (Å²) < 4.78 is 35.9. The van der Waals surface area contributed by atoms with Crippen molar-refractivity contribution in [3.63, 3.8) is 0 Å². The van der Waals surface area contributed by atoms with E-state index in [2.05, 4.69) is 9.29 Å². The lowest BCUT2D eigenvalue weighted by atomic mass is 9.81. The zero-order valence-corrected chi connectivity index (χ0v) is 29.2. The van der Waals surface area contributed by atoms with Crippen molar-refractivity contribution in [2.45, 2.75) is 57.4 Å². The average Bonchev–Trinajstić information content (AvgIpc) is 3.29. The van der Waals surface area contributed by atoms with Crippen LogP contribution in [0, 0.1) is 5.92 Å². The number of hydrogen-bond donors (Lipinski definition) is 1. The zero-order valence-electron chi connectivity index (χ0n) is 28.4. The molecule has 256 valence electrons. The Kier molecular flexibility index (Phi) is 9.41. The van der Waals surface area contributed by atoms with Crippen LogP contribution in [0.3, 0.4) is 0 Å². The highest BCUT2D eigenvalue weighted by molar-refractivity contribution is 7.87. The van der Waals surface area contributed by atoms with Gasteiger partial charge in [-0.15, -0.1) is 0 Å². The lowest BCUT2D eigenvalue weighted by molar-refractivity contribution is -0.137. The number of carbonyl (C=O) groups is 3. The lowest BCUT2D eigenvalue weighted by Crippen LogP contribution is -2.43. The Morgan fingerprint density at radius 2 is 1.62 bits per heavy atom. The molecule has 11 nitrogen and oxygen atoms in total. The smallest absolute Gasteiger partial charge is 0.303 e. The van der Waals surface area contributed by atoms with Gasteiger partial charge in [-0.1, -0.05) is 25.3 Å². The van der Waals surface area contributed by atoms with E-state index in [1.165, 1.54) is 26.1 Å². The number of ether oxygens (including phenoxy) is 1. The molecule has 1 saturated carbocycles. The molecule has 12 heteroatoms. The molecule has 2 aliphatic heterocycles. The highest BCUT2D eigenvalue weighted by atomic mass is 32.2. The molecule has 1 N–H and O–H groups in total. The largest absolute Gasteiger partial charge is 0.497 e. The van der Waals surface area contributed by atoms with Crippen LogP contribution in [0.15, 0.2) is 42.0 Å². The van der Waals surface area contributed by atoms with Gasteiger partial charge in [-0.25, -0.2) is 4.72 Å². The molecule has 2 aromatic carbocycles. The number of nitrogens with one attached hydrogen (secondary N) is 1. The molecule has 3 aliphatic rings. The Hall–Kier alpha value is -4.16. The average molecular weight is 676 g/mol. The third-order valence-corrected chi connectivity index (χ3v) is 11.5. The number of methoxy groups -OCH3 is 1. The van der Waals surface area contributed by atoms with E-state index in [4.69, 9.17) is 4.74 Å². The number of likely N-dealkylation sites (tertiary alicyclic amines) is 1. The Morgan fingerprint density at radius 1 is 0.917 bits per heavy atom. The first-order valence-electron chi connectivity index (χ1n) is 16.7. The fraction of sp³-hybridized carbons (Fsp3) is 0.472. The van der Waals surface area contributed by atoms with Gasteiger partial charge in [0, 0.05) is 74.8 Å². The number of aromatic nitrogens is 1. The Labute approximate surface area is 282 Å². The van der Waals surface area contributed by atoms with Gasteiger partial charge in [-0.05, 0) is 79.1 Å². The normalized spacial score (nSPS) is 17.4. The number of piperidine rings is 1. The maximum atomic E-state index is 14.3. The van der Waals surface area contributed by atoms with Crippen molar-refractivity contribution in [1.82, 2.24) is 23.4 Å². The van der Waals surface area contributed by atoms with E-state index in [0.29, 0.717) is 43.2 Å². The molecule has 0 unspecified atom stereocenters. The van der Waals surface area contributed by atoms with Crippen LogP contribution in [0.1, 0.15) is 72.3 Å². The molecule has 0 atom stereocenters. The summed E-state index contributed by atoms with van der Waals surface area (Å²) in [5, 5.41) is 1.00. The molecule has 0 bridgehead atoms. The number of amides is 3. The van der Waals surface area contributed by atoms with Gasteiger partial charge >= 0.3 is 10.2 Å². The number of benzene rings is 2. The first-order valence-corrected chi connectivity index (χ1v) is 18.1. The summed E-state index contributed by atoms with van der Waals surface area (Å²) in [6.45, 7) is 1.25. The van der Waals surface area contributed by atoms with Gasteiger partial charge in [0.2, 0.25) is 5.91 Å². The third-order valence-electron chi connectivity index (χ3n) is 10.1. The van der Waals surface area contributed by atoms with E-state index in [0.717, 1.165) is 57.7 Å². The summed E-state index contributed by atoms with van der Waals surface area (Å²) in [5.41, 5.74) is 5.66. The van der Waals surface area contributed by atoms with Gasteiger partial charge in [0.15, 0.2) is 0 Å². The van der Waals surface area contributed by atoms with E-state index in [9.17, 15) is 22.8 Å². The van der Waals surface area contributed by atoms with E-state index < -0.39 is 16.1 Å². The van der Waals surface area contributed by atoms with Crippen LogP contribution < -0.4 is 9.46 Å². The molecule has 1 aliphatic carbocycles. The summed E-state index contributed by atoms with van der Waals surface area (Å²) >= 11 is 0. The van der Waals surface area contributed by atoms with Gasteiger partial charge in [0.1, 0.15) is 5.75 Å². The standard InChI is InChI=1S/C36H45N5O6S/c1-38(2)35(43)24-15-17-40(18-16-24)36(44)27-19-26-20-28(47-5)12-14-29(26)33-32(23-9-7-6-8-10-23)30-13-11-25(21-31(30)41(33)22-27)34(42)37-48(45,46)39(3)4/h11-14,19-21,23-24H,6-10,15-18,22H2,1-5H3,(H,37,42). The summed E-state index contributed by atoms with van der Waals surface area (Å²) in [6.07, 6.45) is 8.71. The van der Waals surface area contributed by atoms with Crippen molar-refractivity contribution >= 4 is 44.9 Å². The fourth-order valence-electron chi connectivity index (χ4n) is 7.48. The van der Waals surface area contributed by atoms with Crippen LogP contribution in [-0.4, -0.2) is 93.2 Å². The minimum absolute atomic E-state index is 0.0839. The van der Waals surface area contributed by atoms with Crippen LogP contribution in [0.2, 0.25) is 0 Å². The monoisotopic (exact) mass is 675 g/mol. The molecule has 48 heavy (non-hydrogen) atoms. The molecule has 0 radical (unpaired) electrons. The first kappa shape index (κ1) is 33.7. The molecular weight excluding hydrogens is 630 g/mol. The highest BCUT2D eigenvalue weighted by Crippen LogP contribution is 2.47. The Balaban J connectivity index is 1.48. The third kappa shape index (κ3) is 6.35. The second kappa shape index (κ2) is 13.4. The van der Waals surface area contributed by atoms with Crippen LogP contribution in [-0.2, 0) is 26.3 Å². The molecule has 0 spiro atoms. The van der Waals surface area contributed by atoms with Crippen molar-refractivity contribution < 1.29 is 27.5 Å². The summed E-state index contributed by atoms with van der Waals surface area (Å²) in [5.74, 6) is 0.168. The number of nitrogens with zero attached hydrogens (tertiary/aromatic N) is 4. The molecule has 1 saturated heterocycles. The minimum Gasteiger partial charge on any atom is -0.497 e. The quantitative estimate of drug-likeness (QED) is 0.390. The van der Waals surface area contributed by atoms with Crippen molar-refractivity contribution in [3.8, 4) is 17.0 Å². The number of hydrogen-bond acceptors (Lipinski definition) is 6. The van der Waals surface area contributed by atoms with E-state index >= 15 is 0 Å². The maximum absolute atomic E-state index is 14.3. The predicted molar refractivity (Wildman–Crippen MR) is 186 cm³/mol. The Morgan fingerprint density at radius 3 is 2.27 bits per heavy atom. The van der Waals surface area contributed by atoms with Crippen LogP contribution >= 0.6 is 0 Å². The summed E-state index contributed by atoms with van der Waals surface area (Å²) in [6, 6.07) is 11.3. The molecule has 3 amide bonds. The van der Waals surface area contributed by atoms with Gasteiger partial charge in [0.05, 0.1) is 19.3 Å². The number of carbonyl (C=O) groups excluding carboxylic acids is 3. The zero-order chi connectivity index (χ0) is 34.3. The molecule has 2 fully saturated rings. The Bertz CT molecular complexity index is 1900. The second-order valence-electron chi connectivity index (χ2n) is 13.6. The van der Waals surface area contributed by atoms with Crippen LogP contribution in [0.4, 0.5) is 0 Å². The van der Waals surface area contributed by atoms with Gasteiger partial charge in [0.25, 0.3) is 11.8 Å². The van der Waals surface area contributed by atoms with Crippen molar-refractivity contribution in [2.24, 2.45) is 5.92 Å².